The maximum absolute atomic E-state index is 12.4. The van der Waals surface area contributed by atoms with E-state index in [1.54, 1.807) is 6.92 Å². The van der Waals surface area contributed by atoms with Gasteiger partial charge >= 0.3 is 0 Å². The summed E-state index contributed by atoms with van der Waals surface area (Å²) in [6.45, 7) is 4.01. The average molecular weight is 289 g/mol. The van der Waals surface area contributed by atoms with Gasteiger partial charge in [0.15, 0.2) is 0 Å². The van der Waals surface area contributed by atoms with Crippen molar-refractivity contribution < 1.29 is 18.3 Å². The van der Waals surface area contributed by atoms with Gasteiger partial charge in [-0.1, -0.05) is 0 Å². The van der Waals surface area contributed by atoms with Crippen LogP contribution in [0.5, 0.6) is 0 Å². The molecule has 19 heavy (non-hydrogen) atoms. The van der Waals surface area contributed by atoms with E-state index < -0.39 is 22.2 Å². The summed E-state index contributed by atoms with van der Waals surface area (Å²) in [5.74, 6) is 0. The summed E-state index contributed by atoms with van der Waals surface area (Å²) >= 11 is 0. The first-order valence-electron chi connectivity index (χ1n) is 6.14. The highest BCUT2D eigenvalue weighted by Crippen LogP contribution is 2.24. The third kappa shape index (κ3) is 2.97. The van der Waals surface area contributed by atoms with Crippen LogP contribution in [-0.4, -0.2) is 42.5 Å². The van der Waals surface area contributed by atoms with E-state index in [1.807, 2.05) is 6.92 Å². The van der Waals surface area contributed by atoms with Crippen LogP contribution in [0.2, 0.25) is 0 Å². The second kappa shape index (κ2) is 5.20. The average Bonchev–Trinajstić information content (AvgIpc) is 2.70. The molecule has 2 heterocycles. The van der Waals surface area contributed by atoms with Crippen LogP contribution in [0.3, 0.4) is 0 Å². The smallest absolute Gasteiger partial charge is 0.244 e. The highest BCUT2D eigenvalue weighted by atomic mass is 32.2. The SMILES string of the molecule is Cc1[nH]nc(CO)c1S(=O)(=O)NC1(C)CCCOC1. The zero-order valence-electron chi connectivity index (χ0n) is 11.1. The van der Waals surface area contributed by atoms with E-state index in [0.717, 1.165) is 12.8 Å². The Morgan fingerprint density at radius 2 is 2.32 bits per heavy atom. The van der Waals surface area contributed by atoms with Gasteiger partial charge in [0.2, 0.25) is 10.0 Å². The normalized spacial score (nSPS) is 24.6. The number of ether oxygens (including phenoxy) is 1. The monoisotopic (exact) mass is 289 g/mol. The van der Waals surface area contributed by atoms with E-state index in [2.05, 4.69) is 14.9 Å². The molecule has 0 aromatic carbocycles. The van der Waals surface area contributed by atoms with Gasteiger partial charge in [0, 0.05) is 6.61 Å². The Morgan fingerprint density at radius 3 is 2.89 bits per heavy atom. The first kappa shape index (κ1) is 14.4. The van der Waals surface area contributed by atoms with E-state index in [-0.39, 0.29) is 10.6 Å². The largest absolute Gasteiger partial charge is 0.390 e. The Bertz CT molecular complexity index is 546. The van der Waals surface area contributed by atoms with Gasteiger partial charge < -0.3 is 9.84 Å². The quantitative estimate of drug-likeness (QED) is 0.727. The molecule has 2 rings (SSSR count). The number of aromatic amines is 1. The summed E-state index contributed by atoms with van der Waals surface area (Å²) in [5, 5.41) is 15.5. The summed E-state index contributed by atoms with van der Waals surface area (Å²) in [7, 11) is -3.73. The molecule has 1 aliphatic rings. The van der Waals surface area contributed by atoms with E-state index in [0.29, 0.717) is 18.9 Å². The molecule has 1 aromatic rings. The number of nitrogens with one attached hydrogen (secondary N) is 2. The van der Waals surface area contributed by atoms with Crippen molar-refractivity contribution >= 4 is 10.0 Å². The highest BCUT2D eigenvalue weighted by molar-refractivity contribution is 7.89. The van der Waals surface area contributed by atoms with Gasteiger partial charge in [-0.15, -0.1) is 0 Å². The van der Waals surface area contributed by atoms with Gasteiger partial charge in [-0.05, 0) is 26.7 Å². The first-order valence-corrected chi connectivity index (χ1v) is 7.63. The van der Waals surface area contributed by atoms with Gasteiger partial charge in [0.25, 0.3) is 0 Å². The molecule has 0 saturated carbocycles. The Labute approximate surface area is 112 Å². The molecule has 1 saturated heterocycles. The fraction of sp³-hybridized carbons (Fsp3) is 0.727. The van der Waals surface area contributed by atoms with E-state index in [1.165, 1.54) is 0 Å². The molecule has 0 amide bonds. The summed E-state index contributed by atoms with van der Waals surface area (Å²) in [4.78, 5) is 0.0294. The van der Waals surface area contributed by atoms with Crippen molar-refractivity contribution in [1.82, 2.24) is 14.9 Å². The van der Waals surface area contributed by atoms with E-state index >= 15 is 0 Å². The lowest BCUT2D eigenvalue weighted by Gasteiger charge is -2.33. The van der Waals surface area contributed by atoms with Crippen LogP contribution in [0.15, 0.2) is 4.90 Å². The lowest BCUT2D eigenvalue weighted by Crippen LogP contribution is -2.51. The van der Waals surface area contributed by atoms with Crippen molar-refractivity contribution in [1.29, 1.82) is 0 Å². The van der Waals surface area contributed by atoms with Crippen molar-refractivity contribution in [2.75, 3.05) is 13.2 Å². The number of hydrogen-bond donors (Lipinski definition) is 3. The van der Waals surface area contributed by atoms with Crippen LogP contribution in [0.4, 0.5) is 0 Å². The van der Waals surface area contributed by atoms with Crippen LogP contribution in [0, 0.1) is 6.92 Å². The Hall–Kier alpha value is -0.960. The molecule has 7 nitrogen and oxygen atoms in total. The molecule has 1 aromatic heterocycles. The van der Waals surface area contributed by atoms with Crippen molar-refractivity contribution in [3.8, 4) is 0 Å². The number of rotatable bonds is 4. The molecule has 0 spiro atoms. The molecular weight excluding hydrogens is 270 g/mol. The van der Waals surface area contributed by atoms with Crippen LogP contribution in [0.1, 0.15) is 31.2 Å². The topological polar surface area (TPSA) is 104 Å². The van der Waals surface area contributed by atoms with Gasteiger partial charge in [0.05, 0.1) is 24.4 Å². The maximum atomic E-state index is 12.4. The second-order valence-electron chi connectivity index (χ2n) is 5.10. The summed E-state index contributed by atoms with van der Waals surface area (Å²) in [6, 6.07) is 0. The molecular formula is C11H19N3O4S. The van der Waals surface area contributed by atoms with Crippen molar-refractivity contribution in [3.05, 3.63) is 11.4 Å². The standard InChI is InChI=1S/C11H19N3O4S/c1-8-10(9(6-15)13-12-8)19(16,17)14-11(2)4-3-5-18-7-11/h14-15H,3-7H2,1-2H3,(H,12,13). The van der Waals surface area contributed by atoms with E-state index in [9.17, 15) is 8.42 Å². The first-order chi connectivity index (χ1) is 8.88. The molecule has 3 N–H and O–H groups in total. The lowest BCUT2D eigenvalue weighted by molar-refractivity contribution is 0.0386. The van der Waals surface area contributed by atoms with Crippen LogP contribution in [0.25, 0.3) is 0 Å². The van der Waals surface area contributed by atoms with Crippen LogP contribution >= 0.6 is 0 Å². The third-order valence-corrected chi connectivity index (χ3v) is 5.04. The Balaban J connectivity index is 2.29. The summed E-state index contributed by atoms with van der Waals surface area (Å²) in [6.07, 6.45) is 1.54. The highest BCUT2D eigenvalue weighted by Gasteiger charge is 2.35. The van der Waals surface area contributed by atoms with Crippen LogP contribution < -0.4 is 4.72 Å². The third-order valence-electron chi connectivity index (χ3n) is 3.20. The van der Waals surface area contributed by atoms with Gasteiger partial charge in [-0.2, -0.15) is 5.10 Å². The molecule has 0 bridgehead atoms. The molecule has 1 fully saturated rings. The van der Waals surface area contributed by atoms with Crippen molar-refractivity contribution in [3.63, 3.8) is 0 Å². The Morgan fingerprint density at radius 1 is 1.58 bits per heavy atom. The zero-order chi connectivity index (χ0) is 14.1. The number of sulfonamides is 1. The summed E-state index contributed by atoms with van der Waals surface area (Å²) in [5.41, 5.74) is -0.0738. The molecule has 1 atom stereocenters. The number of aromatic nitrogens is 2. The second-order valence-corrected chi connectivity index (χ2v) is 6.72. The minimum Gasteiger partial charge on any atom is -0.390 e. The lowest BCUT2D eigenvalue weighted by atomic mass is 9.97. The van der Waals surface area contributed by atoms with Crippen molar-refractivity contribution in [2.45, 2.75) is 43.7 Å². The molecule has 1 unspecified atom stereocenters. The molecule has 0 aliphatic carbocycles. The molecule has 108 valence electrons. The molecule has 0 radical (unpaired) electrons. The van der Waals surface area contributed by atoms with Gasteiger partial charge in [-0.3, -0.25) is 5.10 Å². The minimum atomic E-state index is -3.73. The molecule has 1 aliphatic heterocycles. The number of aliphatic hydroxyl groups excluding tert-OH is 1. The zero-order valence-corrected chi connectivity index (χ0v) is 11.9. The van der Waals surface area contributed by atoms with E-state index in [4.69, 9.17) is 9.84 Å². The van der Waals surface area contributed by atoms with Gasteiger partial charge in [0.1, 0.15) is 10.6 Å². The maximum Gasteiger partial charge on any atom is 0.244 e. The number of hydrogen-bond acceptors (Lipinski definition) is 5. The number of aryl methyl sites for hydroxylation is 1. The predicted molar refractivity (Wildman–Crippen MR) is 68.0 cm³/mol. The number of aliphatic hydroxyl groups is 1. The Kier molecular flexibility index (Phi) is 3.95. The minimum absolute atomic E-state index is 0.0294. The number of nitrogens with zero attached hydrogens (tertiary/aromatic N) is 1. The fourth-order valence-electron chi connectivity index (χ4n) is 2.32. The predicted octanol–water partition coefficient (Wildman–Crippen LogP) is 0.0578. The number of H-pyrrole nitrogens is 1. The molecule has 8 heteroatoms. The fourth-order valence-corrected chi connectivity index (χ4v) is 4.10. The van der Waals surface area contributed by atoms with Crippen molar-refractivity contribution in [2.24, 2.45) is 0 Å². The van der Waals surface area contributed by atoms with Gasteiger partial charge in [-0.25, -0.2) is 13.1 Å². The summed E-state index contributed by atoms with van der Waals surface area (Å²) < 4.78 is 32.9. The van der Waals surface area contributed by atoms with Crippen LogP contribution in [-0.2, 0) is 21.4 Å².